The van der Waals surface area contributed by atoms with E-state index in [2.05, 4.69) is 30.6 Å². The molecule has 4 aromatic rings. The van der Waals surface area contributed by atoms with E-state index in [1.807, 2.05) is 0 Å². The smallest absolute Gasteiger partial charge is 0.365 e. The van der Waals surface area contributed by atoms with Gasteiger partial charge in [-0.25, -0.2) is 13.8 Å². The number of amides is 2. The second kappa shape index (κ2) is 12.0. The molecular weight excluding hydrogens is 712 g/mol. The minimum Gasteiger partial charge on any atom is -0.365 e. The number of nitrogens with one attached hydrogen (secondary N) is 2. The van der Waals surface area contributed by atoms with Gasteiger partial charge in [-0.3, -0.25) is 14.6 Å². The highest BCUT2D eigenvalue weighted by atomic mass is 19.4. The Hall–Kier alpha value is -5.54. The van der Waals surface area contributed by atoms with Gasteiger partial charge in [0.15, 0.2) is 0 Å². The molecule has 16 heteroatoms. The van der Waals surface area contributed by atoms with Gasteiger partial charge in [-0.15, -0.1) is 0 Å². The average molecular weight is 739 g/mol. The summed E-state index contributed by atoms with van der Waals surface area (Å²) in [5.41, 5.74) is -2.68. The van der Waals surface area contributed by atoms with Gasteiger partial charge in [-0.1, -0.05) is 30.3 Å². The number of hydrogen-bond donors (Lipinski definition) is 2. The molecule has 4 heterocycles. The topological polar surface area (TPSA) is 109 Å². The van der Waals surface area contributed by atoms with Crippen molar-refractivity contribution in [2.45, 2.75) is 61.8 Å². The van der Waals surface area contributed by atoms with E-state index in [1.165, 1.54) is 6.07 Å². The highest BCUT2D eigenvalue weighted by Gasteiger charge is 2.54. The molecule has 0 saturated carbocycles. The van der Waals surface area contributed by atoms with Crippen LogP contribution in [0.1, 0.15) is 74.4 Å². The minimum absolute atomic E-state index is 0.0165. The van der Waals surface area contributed by atoms with Crippen LogP contribution in [0.15, 0.2) is 76.8 Å². The number of nitrogens with zero attached hydrogens (tertiary/aromatic N) is 4. The van der Waals surface area contributed by atoms with E-state index in [4.69, 9.17) is 0 Å². The van der Waals surface area contributed by atoms with Crippen LogP contribution < -0.4 is 10.6 Å². The molecule has 272 valence electrons. The Balaban J connectivity index is 1.18. The number of fused-ring (bicyclic) bond motifs is 8. The van der Waals surface area contributed by atoms with Gasteiger partial charge in [0.25, 0.3) is 18.2 Å². The zero-order valence-electron chi connectivity index (χ0n) is 27.3. The summed E-state index contributed by atoms with van der Waals surface area (Å²) < 4.78 is 110. The third-order valence-corrected chi connectivity index (χ3v) is 10.5. The Morgan fingerprint density at radius 1 is 0.736 bits per heavy atom. The van der Waals surface area contributed by atoms with Crippen molar-refractivity contribution in [1.82, 2.24) is 20.6 Å². The molecule has 8 nitrogen and oxygen atoms in total. The molecule has 2 atom stereocenters. The number of halogens is 8. The zero-order valence-corrected chi connectivity index (χ0v) is 27.3. The number of alkyl halides is 8. The lowest BCUT2D eigenvalue weighted by atomic mass is 9.71. The number of amidine groups is 2. The Morgan fingerprint density at radius 2 is 1.43 bits per heavy atom. The number of rotatable bonds is 4. The van der Waals surface area contributed by atoms with Gasteiger partial charge in [0.1, 0.15) is 28.2 Å². The van der Waals surface area contributed by atoms with Gasteiger partial charge in [0, 0.05) is 29.6 Å². The quantitative estimate of drug-likeness (QED) is 0.242. The van der Waals surface area contributed by atoms with Gasteiger partial charge in [-0.2, -0.15) is 36.3 Å². The summed E-state index contributed by atoms with van der Waals surface area (Å²) in [6.45, 7) is -0.929. The van der Waals surface area contributed by atoms with Crippen molar-refractivity contribution in [2.75, 3.05) is 6.54 Å². The Kier molecular flexibility index (Phi) is 7.82. The zero-order chi connectivity index (χ0) is 37.5. The standard InChI is InChI=1S/C37H26F8N6O2/c38-28(39)17-48-31-22-8-9-27(37(43,44)45)49-29(22)35(33(53)51-31)12-10-20-18(3-1-4-23(20)35)16-47-30-21-7-6-19(36(40,41)42)15-25(21)34(32(52)50-30)13-11-26-24(34)5-2-14-46-26/h1-9,14-15,28H,10-13,16-17H2,(H,47,50,52)(H,48,51,53)/t34-,35-/m1/s1. The van der Waals surface area contributed by atoms with Crippen molar-refractivity contribution in [3.8, 4) is 0 Å². The molecule has 53 heavy (non-hydrogen) atoms. The number of aliphatic imine (C=N–C) groups is 2. The average Bonchev–Trinajstić information content (AvgIpc) is 3.70. The Morgan fingerprint density at radius 3 is 2.17 bits per heavy atom. The lowest BCUT2D eigenvalue weighted by molar-refractivity contribution is -0.141. The molecule has 0 unspecified atom stereocenters. The molecule has 0 fully saturated rings. The van der Waals surface area contributed by atoms with Crippen molar-refractivity contribution < 1.29 is 44.7 Å². The maximum atomic E-state index is 14.0. The SMILES string of the molecule is O=C1N=C(NCc2cccc3c2CC[C@@]32C(=O)N=C(NCC(F)F)c3ccc(C(F)(F)F)nc32)c2ccc(C(F)(F)F)cc2[C@]12CCc1ncccc12. The van der Waals surface area contributed by atoms with Crippen molar-refractivity contribution in [2.24, 2.45) is 9.98 Å². The van der Waals surface area contributed by atoms with Crippen LogP contribution in [0.25, 0.3) is 0 Å². The summed E-state index contributed by atoms with van der Waals surface area (Å²) in [5.74, 6) is -1.80. The van der Waals surface area contributed by atoms with E-state index >= 15 is 0 Å². The molecule has 2 aliphatic carbocycles. The first kappa shape index (κ1) is 34.5. The van der Waals surface area contributed by atoms with E-state index in [-0.39, 0.29) is 59.9 Å². The molecule has 2 N–H and O–H groups in total. The highest BCUT2D eigenvalue weighted by Crippen LogP contribution is 2.50. The maximum absolute atomic E-state index is 14.0. The van der Waals surface area contributed by atoms with Gasteiger partial charge in [-0.05, 0) is 83.8 Å². The van der Waals surface area contributed by atoms with Gasteiger partial charge in [0.05, 0.1) is 17.8 Å². The Labute approximate surface area is 295 Å². The van der Waals surface area contributed by atoms with E-state index in [0.717, 1.165) is 18.2 Å². The number of carbonyl (C=O) groups excluding carboxylic acids is 2. The second-order valence-corrected chi connectivity index (χ2v) is 13.3. The van der Waals surface area contributed by atoms with E-state index in [9.17, 15) is 44.7 Å². The normalized spacial score (nSPS) is 21.7. The predicted molar refractivity (Wildman–Crippen MR) is 173 cm³/mol. The Bertz CT molecular complexity index is 2280. The molecule has 2 spiro atoms. The summed E-state index contributed by atoms with van der Waals surface area (Å²) in [4.78, 5) is 44.5. The monoisotopic (exact) mass is 738 g/mol. The largest absolute Gasteiger partial charge is 0.433 e. The summed E-state index contributed by atoms with van der Waals surface area (Å²) in [6.07, 6.45) is -10.1. The molecule has 0 saturated heterocycles. The van der Waals surface area contributed by atoms with Gasteiger partial charge < -0.3 is 10.6 Å². The van der Waals surface area contributed by atoms with Crippen LogP contribution in [0.2, 0.25) is 0 Å². The first-order valence-corrected chi connectivity index (χ1v) is 16.5. The first-order chi connectivity index (χ1) is 25.1. The number of carbonyl (C=O) groups is 2. The third kappa shape index (κ3) is 5.31. The fourth-order valence-electron chi connectivity index (χ4n) is 8.15. The highest BCUT2D eigenvalue weighted by molar-refractivity contribution is 6.15. The van der Waals surface area contributed by atoms with Gasteiger partial charge >= 0.3 is 12.4 Å². The molecule has 2 aromatic heterocycles. The van der Waals surface area contributed by atoms with Crippen LogP contribution in [-0.4, -0.2) is 46.4 Å². The van der Waals surface area contributed by atoms with E-state index < -0.39 is 59.2 Å². The maximum Gasteiger partial charge on any atom is 0.433 e. The van der Waals surface area contributed by atoms with Crippen LogP contribution in [0.4, 0.5) is 35.1 Å². The molecule has 0 bridgehead atoms. The number of aryl methyl sites for hydroxylation is 1. The summed E-state index contributed by atoms with van der Waals surface area (Å²) in [7, 11) is 0. The predicted octanol–water partition coefficient (Wildman–Crippen LogP) is 6.20. The van der Waals surface area contributed by atoms with Crippen molar-refractivity contribution >= 4 is 23.5 Å². The molecule has 2 aromatic carbocycles. The van der Waals surface area contributed by atoms with E-state index in [1.54, 1.807) is 36.5 Å². The number of benzene rings is 2. The van der Waals surface area contributed by atoms with Gasteiger partial charge in [0.2, 0.25) is 0 Å². The first-order valence-electron chi connectivity index (χ1n) is 16.5. The van der Waals surface area contributed by atoms with E-state index in [0.29, 0.717) is 40.4 Å². The van der Waals surface area contributed by atoms with Crippen LogP contribution in [0, 0.1) is 0 Å². The number of aromatic nitrogens is 2. The number of pyridine rings is 2. The summed E-state index contributed by atoms with van der Waals surface area (Å²) in [6, 6.07) is 13.1. The number of hydrogen-bond acceptors (Lipinski definition) is 6. The fourth-order valence-corrected chi connectivity index (χ4v) is 8.15. The molecule has 8 rings (SSSR count). The van der Waals surface area contributed by atoms with Crippen LogP contribution in [0.5, 0.6) is 0 Å². The molecule has 0 radical (unpaired) electrons. The lowest BCUT2D eigenvalue weighted by Gasteiger charge is -2.34. The molecular formula is C37H26F8N6O2. The molecule has 2 amide bonds. The lowest BCUT2D eigenvalue weighted by Crippen LogP contribution is -2.44. The van der Waals surface area contributed by atoms with Crippen molar-refractivity contribution in [1.29, 1.82) is 0 Å². The van der Waals surface area contributed by atoms with Crippen LogP contribution >= 0.6 is 0 Å². The van der Waals surface area contributed by atoms with Crippen molar-refractivity contribution in [3.63, 3.8) is 0 Å². The van der Waals surface area contributed by atoms with Crippen molar-refractivity contribution in [3.05, 3.63) is 128 Å². The fraction of sp³-hybridized carbons (Fsp3) is 0.297. The molecule has 2 aliphatic heterocycles. The third-order valence-electron chi connectivity index (χ3n) is 10.5. The van der Waals surface area contributed by atoms with Crippen LogP contribution in [0.3, 0.4) is 0 Å². The molecule has 4 aliphatic rings. The minimum atomic E-state index is -4.87. The second-order valence-electron chi connectivity index (χ2n) is 13.3. The van der Waals surface area contributed by atoms with Crippen LogP contribution in [-0.2, 0) is 52.2 Å². The summed E-state index contributed by atoms with van der Waals surface area (Å²) >= 11 is 0. The summed E-state index contributed by atoms with van der Waals surface area (Å²) in [5, 5.41) is 5.45.